The second-order valence-corrected chi connectivity index (χ2v) is 9.16. The Hall–Kier alpha value is -2.67. The third-order valence-electron chi connectivity index (χ3n) is 5.94. The molecule has 5 nitrogen and oxygen atoms in total. The average molecular weight is 439 g/mol. The highest BCUT2D eigenvalue weighted by Gasteiger charge is 2.34. The van der Waals surface area contributed by atoms with E-state index in [9.17, 15) is 9.18 Å². The molecule has 1 aliphatic heterocycles. The summed E-state index contributed by atoms with van der Waals surface area (Å²) in [7, 11) is 5.58. The fraction of sp³-hybridized carbons (Fsp3) is 0.375. The molecule has 1 aromatic heterocycles. The number of halogens is 1. The third-order valence-corrected chi connectivity index (χ3v) is 7.09. The molecule has 1 aromatic carbocycles. The van der Waals surface area contributed by atoms with E-state index in [4.69, 9.17) is 4.98 Å². The Bertz CT molecular complexity index is 1130. The van der Waals surface area contributed by atoms with Gasteiger partial charge in [-0.05, 0) is 36.1 Å². The summed E-state index contributed by atoms with van der Waals surface area (Å²) in [5.41, 5.74) is 3.81. The van der Waals surface area contributed by atoms with E-state index in [0.717, 1.165) is 53.1 Å². The Morgan fingerprint density at radius 3 is 2.52 bits per heavy atom. The van der Waals surface area contributed by atoms with Crippen LogP contribution in [-0.2, 0) is 0 Å². The normalized spacial score (nSPS) is 19.4. The first-order chi connectivity index (χ1) is 14.9. The number of hydrogen-bond acceptors (Lipinski definition) is 5. The second-order valence-electron chi connectivity index (χ2n) is 8.16. The van der Waals surface area contributed by atoms with Crippen LogP contribution in [0.1, 0.15) is 49.4 Å². The number of likely N-dealkylation sites (N-methyl/N-ethyl adjacent to an activating group) is 1. The van der Waals surface area contributed by atoms with Crippen molar-refractivity contribution < 1.29 is 4.39 Å². The molecule has 2 heterocycles. The van der Waals surface area contributed by atoms with E-state index in [-0.39, 0.29) is 17.4 Å². The predicted molar refractivity (Wildman–Crippen MR) is 126 cm³/mol. The van der Waals surface area contributed by atoms with Crippen LogP contribution in [0, 0.1) is 5.82 Å². The van der Waals surface area contributed by atoms with Gasteiger partial charge in [-0.25, -0.2) is 9.37 Å². The van der Waals surface area contributed by atoms with Gasteiger partial charge >= 0.3 is 0 Å². The van der Waals surface area contributed by atoms with Gasteiger partial charge in [-0.3, -0.25) is 14.4 Å². The van der Waals surface area contributed by atoms with Crippen LogP contribution in [0.25, 0.3) is 11.1 Å². The maximum Gasteiger partial charge on any atom is 0.268 e. The zero-order chi connectivity index (χ0) is 22.1. The molecule has 0 radical (unpaired) electrons. The minimum Gasteiger partial charge on any atom is -0.377 e. The molecule has 0 saturated heterocycles. The van der Waals surface area contributed by atoms with E-state index in [1.807, 2.05) is 23.6 Å². The van der Waals surface area contributed by atoms with Crippen LogP contribution in [0.3, 0.4) is 0 Å². The molecule has 0 spiro atoms. The molecule has 2 aliphatic rings. The fourth-order valence-electron chi connectivity index (χ4n) is 4.39. The van der Waals surface area contributed by atoms with Crippen LogP contribution < -0.4 is 5.56 Å². The average Bonchev–Trinajstić information content (AvgIpc) is 3.14. The van der Waals surface area contributed by atoms with Gasteiger partial charge in [0.05, 0.1) is 23.3 Å². The molecule has 0 N–H and O–H groups in total. The monoisotopic (exact) mass is 438 g/mol. The number of thioether (sulfide) groups is 1. The lowest BCUT2D eigenvalue weighted by molar-refractivity contribution is 0.341. The Labute approximate surface area is 186 Å². The molecule has 1 fully saturated rings. The summed E-state index contributed by atoms with van der Waals surface area (Å²) >= 11 is 1.38. The Kier molecular flexibility index (Phi) is 6.14. The first-order valence-corrected chi connectivity index (χ1v) is 11.4. The second kappa shape index (κ2) is 8.83. The van der Waals surface area contributed by atoms with E-state index in [2.05, 4.69) is 11.6 Å². The van der Waals surface area contributed by atoms with E-state index < -0.39 is 0 Å². The zero-order valence-electron chi connectivity index (χ0n) is 18.2. The van der Waals surface area contributed by atoms with Gasteiger partial charge in [0.15, 0.2) is 0 Å². The van der Waals surface area contributed by atoms with E-state index >= 15 is 0 Å². The molecular formula is C24H27FN4OS. The van der Waals surface area contributed by atoms with Gasteiger partial charge in [0.2, 0.25) is 0 Å². The van der Waals surface area contributed by atoms with Gasteiger partial charge in [0.25, 0.3) is 5.56 Å². The topological polar surface area (TPSA) is 50.5 Å². The highest BCUT2D eigenvalue weighted by Crippen LogP contribution is 2.43. The number of aromatic nitrogens is 2. The largest absolute Gasteiger partial charge is 0.377 e. The first-order valence-electron chi connectivity index (χ1n) is 10.6. The van der Waals surface area contributed by atoms with Crippen molar-refractivity contribution in [2.45, 2.75) is 43.0 Å². The molecule has 162 valence electrons. The minimum atomic E-state index is -0.293. The number of hydrogen-bond donors (Lipinski definition) is 0. The molecule has 1 saturated carbocycles. The molecule has 7 heteroatoms. The maximum absolute atomic E-state index is 13.4. The summed E-state index contributed by atoms with van der Waals surface area (Å²) in [6.45, 7) is 4.28. The highest BCUT2D eigenvalue weighted by molar-refractivity contribution is 8.15. The number of fused-ring (bicyclic) bond motifs is 1. The van der Waals surface area contributed by atoms with Crippen molar-refractivity contribution in [1.82, 2.24) is 14.5 Å². The van der Waals surface area contributed by atoms with Crippen LogP contribution >= 0.6 is 11.8 Å². The first kappa shape index (κ1) is 21.6. The van der Waals surface area contributed by atoms with Crippen LogP contribution in [0.5, 0.6) is 0 Å². The van der Waals surface area contributed by atoms with Crippen LogP contribution in [0.4, 0.5) is 4.39 Å². The lowest BCUT2D eigenvalue weighted by Crippen LogP contribution is -2.28. The fourth-order valence-corrected chi connectivity index (χ4v) is 5.42. The summed E-state index contributed by atoms with van der Waals surface area (Å²) in [5, 5.41) is 0.743. The van der Waals surface area contributed by atoms with Gasteiger partial charge in [0.1, 0.15) is 15.8 Å². The van der Waals surface area contributed by atoms with E-state index in [0.29, 0.717) is 10.6 Å². The quantitative estimate of drug-likeness (QED) is 0.674. The minimum absolute atomic E-state index is 0.00329. The number of aliphatic imine (C=N–C) groups is 1. The highest BCUT2D eigenvalue weighted by atomic mass is 32.2. The standard InChI is InChI=1S/C24H27FN4OS/c1-15(16-10-12-17(25)13-11-16)21(28(3)4)19-20-22(31-23(19)26-2)24(30)29(14-27-20)18-8-6-5-7-9-18/h10-14,18H,1,5-9H2,2-4H3. The van der Waals surface area contributed by atoms with Crippen molar-refractivity contribution in [2.24, 2.45) is 4.99 Å². The van der Waals surface area contributed by atoms with Crippen molar-refractivity contribution in [3.8, 4) is 0 Å². The SMILES string of the molecule is C=C(C(=C1C(=NC)Sc2c1ncn(C1CCCCC1)c2=O)N(C)C)c1ccc(F)cc1. The molecule has 4 rings (SSSR count). The molecule has 1 aliphatic carbocycles. The van der Waals surface area contributed by atoms with Crippen molar-refractivity contribution in [2.75, 3.05) is 21.1 Å². The molecule has 0 amide bonds. The Morgan fingerprint density at radius 1 is 1.23 bits per heavy atom. The van der Waals surface area contributed by atoms with Gasteiger partial charge < -0.3 is 4.90 Å². The summed E-state index contributed by atoms with van der Waals surface area (Å²) in [6, 6.07) is 6.48. The zero-order valence-corrected chi connectivity index (χ0v) is 19.0. The van der Waals surface area contributed by atoms with Crippen molar-refractivity contribution in [3.05, 3.63) is 70.3 Å². The number of rotatable bonds is 4. The molecule has 0 atom stereocenters. The smallest absolute Gasteiger partial charge is 0.268 e. The van der Waals surface area contributed by atoms with Crippen molar-refractivity contribution in [1.29, 1.82) is 0 Å². The molecule has 0 unspecified atom stereocenters. The van der Waals surface area contributed by atoms with Gasteiger partial charge in [-0.2, -0.15) is 0 Å². The number of benzene rings is 1. The predicted octanol–water partition coefficient (Wildman–Crippen LogP) is 5.01. The Balaban J connectivity index is 1.86. The van der Waals surface area contributed by atoms with Crippen molar-refractivity contribution >= 4 is 28.0 Å². The third kappa shape index (κ3) is 3.99. The maximum atomic E-state index is 13.4. The summed E-state index contributed by atoms with van der Waals surface area (Å²) in [5.74, 6) is -0.293. The molecular weight excluding hydrogens is 411 g/mol. The van der Waals surface area contributed by atoms with Crippen molar-refractivity contribution in [3.63, 3.8) is 0 Å². The number of allylic oxidation sites excluding steroid dienone is 1. The Morgan fingerprint density at radius 2 is 1.90 bits per heavy atom. The summed E-state index contributed by atoms with van der Waals surface area (Å²) in [6.07, 6.45) is 7.27. The summed E-state index contributed by atoms with van der Waals surface area (Å²) < 4.78 is 15.2. The van der Waals surface area contributed by atoms with E-state index in [1.54, 1.807) is 25.5 Å². The van der Waals surface area contributed by atoms with E-state index in [1.165, 1.54) is 30.3 Å². The van der Waals surface area contributed by atoms with Gasteiger partial charge in [0, 0.05) is 27.2 Å². The molecule has 2 aromatic rings. The van der Waals surface area contributed by atoms with Gasteiger partial charge in [-0.1, -0.05) is 49.7 Å². The van der Waals surface area contributed by atoms with Crippen LogP contribution in [0.2, 0.25) is 0 Å². The lowest BCUT2D eigenvalue weighted by atomic mass is 9.95. The van der Waals surface area contributed by atoms with Crippen LogP contribution in [-0.4, -0.2) is 40.6 Å². The van der Waals surface area contributed by atoms with Gasteiger partial charge in [-0.15, -0.1) is 0 Å². The molecule has 31 heavy (non-hydrogen) atoms. The summed E-state index contributed by atoms with van der Waals surface area (Å²) in [4.78, 5) is 25.2. The number of nitrogens with zero attached hydrogens (tertiary/aromatic N) is 4. The van der Waals surface area contributed by atoms with Crippen LogP contribution in [0.15, 0.2) is 57.6 Å². The lowest BCUT2D eigenvalue weighted by Gasteiger charge is -2.24. The molecule has 0 bridgehead atoms.